The molecule has 0 radical (unpaired) electrons. The minimum Gasteiger partial charge on any atom is -0.337 e. The van der Waals surface area contributed by atoms with Gasteiger partial charge >= 0.3 is 0 Å². The summed E-state index contributed by atoms with van der Waals surface area (Å²) in [5.74, 6) is 0.0309. The molecule has 0 aliphatic carbocycles. The normalized spacial score (nSPS) is 15.6. The van der Waals surface area contributed by atoms with Gasteiger partial charge in [-0.25, -0.2) is 0 Å². The van der Waals surface area contributed by atoms with E-state index in [0.717, 1.165) is 31.8 Å². The SMILES string of the molecule is CCN(CC)C(C)/C=C(\C)C(=O)NC(C)N(CC)CC. The summed E-state index contributed by atoms with van der Waals surface area (Å²) >= 11 is 0. The summed E-state index contributed by atoms with van der Waals surface area (Å²) in [4.78, 5) is 16.7. The van der Waals surface area contributed by atoms with Crippen LogP contribution in [0.25, 0.3) is 0 Å². The summed E-state index contributed by atoms with van der Waals surface area (Å²) in [5.41, 5.74) is 0.795. The third-order valence-corrected chi connectivity index (χ3v) is 3.94. The summed E-state index contributed by atoms with van der Waals surface area (Å²) in [6, 6.07) is 0.291. The zero-order chi connectivity index (χ0) is 15.7. The maximum absolute atomic E-state index is 12.2. The fourth-order valence-corrected chi connectivity index (χ4v) is 2.51. The lowest BCUT2D eigenvalue weighted by atomic mass is 10.1. The number of hydrogen-bond donors (Lipinski definition) is 1. The predicted molar refractivity (Wildman–Crippen MR) is 86.7 cm³/mol. The highest BCUT2D eigenvalue weighted by atomic mass is 16.1. The van der Waals surface area contributed by atoms with Crippen LogP contribution in [0.1, 0.15) is 48.5 Å². The second-order valence-electron chi connectivity index (χ2n) is 5.18. The molecule has 1 N–H and O–H groups in total. The van der Waals surface area contributed by atoms with Crippen LogP contribution in [0.5, 0.6) is 0 Å². The average Bonchev–Trinajstić information content (AvgIpc) is 2.41. The number of amides is 1. The van der Waals surface area contributed by atoms with Gasteiger partial charge < -0.3 is 5.32 Å². The molecular formula is C16H33N3O. The van der Waals surface area contributed by atoms with Crippen molar-refractivity contribution in [3.05, 3.63) is 11.6 Å². The first-order valence-corrected chi connectivity index (χ1v) is 7.88. The number of likely N-dealkylation sites (N-methyl/N-ethyl adjacent to an activating group) is 1. The van der Waals surface area contributed by atoms with E-state index >= 15 is 0 Å². The first-order valence-electron chi connectivity index (χ1n) is 7.88. The Labute approximate surface area is 125 Å². The smallest absolute Gasteiger partial charge is 0.247 e. The molecule has 0 fully saturated rings. The van der Waals surface area contributed by atoms with Crippen molar-refractivity contribution >= 4 is 5.91 Å². The molecule has 0 aromatic carbocycles. The Hall–Kier alpha value is -0.870. The molecule has 0 aromatic heterocycles. The van der Waals surface area contributed by atoms with E-state index in [4.69, 9.17) is 0 Å². The number of rotatable bonds is 9. The highest BCUT2D eigenvalue weighted by molar-refractivity contribution is 5.93. The Morgan fingerprint density at radius 2 is 1.45 bits per heavy atom. The lowest BCUT2D eigenvalue weighted by molar-refractivity contribution is -0.119. The summed E-state index contributed by atoms with van der Waals surface area (Å²) in [5, 5.41) is 3.06. The fourth-order valence-electron chi connectivity index (χ4n) is 2.51. The highest BCUT2D eigenvalue weighted by Gasteiger charge is 2.15. The van der Waals surface area contributed by atoms with E-state index in [1.54, 1.807) is 0 Å². The Morgan fingerprint density at radius 1 is 1.00 bits per heavy atom. The maximum atomic E-state index is 12.2. The summed E-state index contributed by atoms with van der Waals surface area (Å²) < 4.78 is 0. The Morgan fingerprint density at radius 3 is 1.85 bits per heavy atom. The Kier molecular flexibility index (Phi) is 9.51. The topological polar surface area (TPSA) is 35.6 Å². The molecule has 0 bridgehead atoms. The van der Waals surface area contributed by atoms with Gasteiger partial charge in [-0.05, 0) is 47.0 Å². The van der Waals surface area contributed by atoms with Crippen molar-refractivity contribution in [1.82, 2.24) is 15.1 Å². The van der Waals surface area contributed by atoms with Gasteiger partial charge in [0.2, 0.25) is 5.91 Å². The highest BCUT2D eigenvalue weighted by Crippen LogP contribution is 2.05. The van der Waals surface area contributed by atoms with Crippen molar-refractivity contribution in [1.29, 1.82) is 0 Å². The molecule has 0 saturated carbocycles. The van der Waals surface area contributed by atoms with Crippen LogP contribution < -0.4 is 5.32 Å². The van der Waals surface area contributed by atoms with Crippen LogP contribution in [0.15, 0.2) is 11.6 Å². The van der Waals surface area contributed by atoms with E-state index in [-0.39, 0.29) is 12.1 Å². The van der Waals surface area contributed by atoms with Crippen LogP contribution >= 0.6 is 0 Å². The van der Waals surface area contributed by atoms with Crippen molar-refractivity contribution < 1.29 is 4.79 Å². The largest absolute Gasteiger partial charge is 0.337 e. The quantitative estimate of drug-likeness (QED) is 0.521. The van der Waals surface area contributed by atoms with Gasteiger partial charge in [-0.1, -0.05) is 33.8 Å². The van der Waals surface area contributed by atoms with E-state index in [1.807, 2.05) is 13.8 Å². The van der Waals surface area contributed by atoms with Crippen molar-refractivity contribution in [3.63, 3.8) is 0 Å². The fraction of sp³-hybridized carbons (Fsp3) is 0.812. The zero-order valence-electron chi connectivity index (χ0n) is 14.4. The average molecular weight is 283 g/mol. The van der Waals surface area contributed by atoms with Gasteiger partial charge in [0.25, 0.3) is 0 Å². The van der Waals surface area contributed by atoms with Crippen LogP contribution in [0.2, 0.25) is 0 Å². The number of nitrogens with zero attached hydrogens (tertiary/aromatic N) is 2. The molecule has 0 rings (SSSR count). The molecule has 2 atom stereocenters. The number of carbonyl (C=O) groups excluding carboxylic acids is 1. The third-order valence-electron chi connectivity index (χ3n) is 3.94. The van der Waals surface area contributed by atoms with E-state index in [9.17, 15) is 4.79 Å². The lowest BCUT2D eigenvalue weighted by Gasteiger charge is -2.28. The van der Waals surface area contributed by atoms with Gasteiger partial charge in [0.05, 0.1) is 6.17 Å². The number of nitrogens with one attached hydrogen (secondary N) is 1. The minimum atomic E-state index is 0.0309. The van der Waals surface area contributed by atoms with E-state index in [2.05, 4.69) is 55.8 Å². The molecule has 0 aromatic rings. The van der Waals surface area contributed by atoms with Gasteiger partial charge in [0.15, 0.2) is 0 Å². The first kappa shape index (κ1) is 19.1. The molecule has 0 aliphatic heterocycles. The molecule has 1 amide bonds. The summed E-state index contributed by atoms with van der Waals surface area (Å²) in [6.45, 7) is 18.4. The van der Waals surface area contributed by atoms with E-state index in [0.29, 0.717) is 6.04 Å². The standard InChI is InChI=1S/C16H33N3O/c1-8-18(9-2)14(6)12-13(5)16(20)17-15(7)19(10-3)11-4/h12,14-15H,8-11H2,1-7H3,(H,17,20)/b13-12+. The van der Waals surface area contributed by atoms with E-state index < -0.39 is 0 Å². The van der Waals surface area contributed by atoms with Crippen LogP contribution in [0.3, 0.4) is 0 Å². The molecule has 0 heterocycles. The molecule has 0 spiro atoms. The first-order chi connectivity index (χ1) is 9.40. The van der Waals surface area contributed by atoms with Crippen LogP contribution in [0.4, 0.5) is 0 Å². The zero-order valence-corrected chi connectivity index (χ0v) is 14.4. The summed E-state index contributed by atoms with van der Waals surface area (Å²) in [6.07, 6.45) is 2.13. The molecule has 0 aliphatic rings. The minimum absolute atomic E-state index is 0.0309. The van der Waals surface area contributed by atoms with Gasteiger partial charge in [-0.2, -0.15) is 0 Å². The molecule has 118 valence electrons. The molecule has 20 heavy (non-hydrogen) atoms. The monoisotopic (exact) mass is 283 g/mol. The number of hydrogen-bond acceptors (Lipinski definition) is 3. The molecule has 4 nitrogen and oxygen atoms in total. The van der Waals surface area contributed by atoms with Gasteiger partial charge in [-0.3, -0.25) is 14.6 Å². The molecular weight excluding hydrogens is 250 g/mol. The maximum Gasteiger partial charge on any atom is 0.247 e. The van der Waals surface area contributed by atoms with Crippen LogP contribution in [0, 0.1) is 0 Å². The Bertz CT molecular complexity index is 307. The van der Waals surface area contributed by atoms with Crippen molar-refractivity contribution in [2.45, 2.75) is 60.7 Å². The lowest BCUT2D eigenvalue weighted by Crippen LogP contribution is -2.46. The van der Waals surface area contributed by atoms with Crippen molar-refractivity contribution in [2.24, 2.45) is 0 Å². The van der Waals surface area contributed by atoms with Gasteiger partial charge in [0, 0.05) is 11.6 Å². The van der Waals surface area contributed by atoms with Gasteiger partial charge in [0.1, 0.15) is 0 Å². The predicted octanol–water partition coefficient (Wildman–Crippen LogP) is 2.47. The van der Waals surface area contributed by atoms with Crippen molar-refractivity contribution in [2.75, 3.05) is 26.2 Å². The number of carbonyl (C=O) groups is 1. The molecule has 4 heteroatoms. The van der Waals surface area contributed by atoms with E-state index in [1.165, 1.54) is 0 Å². The molecule has 2 unspecified atom stereocenters. The molecule has 0 saturated heterocycles. The second-order valence-corrected chi connectivity index (χ2v) is 5.18. The van der Waals surface area contributed by atoms with Crippen LogP contribution in [-0.2, 0) is 4.79 Å². The van der Waals surface area contributed by atoms with Gasteiger partial charge in [-0.15, -0.1) is 0 Å². The van der Waals surface area contributed by atoms with Crippen molar-refractivity contribution in [3.8, 4) is 0 Å². The second kappa shape index (κ2) is 9.94. The third kappa shape index (κ3) is 6.06. The van der Waals surface area contributed by atoms with Crippen LogP contribution in [-0.4, -0.2) is 54.1 Å². The summed E-state index contributed by atoms with van der Waals surface area (Å²) in [7, 11) is 0. The Balaban J connectivity index is 4.61.